The van der Waals surface area contributed by atoms with Gasteiger partial charge in [0.2, 0.25) is 0 Å². The highest BCUT2D eigenvalue weighted by molar-refractivity contribution is 5.95. The number of rotatable bonds is 11. The van der Waals surface area contributed by atoms with E-state index in [1.165, 1.54) is 52.1 Å². The summed E-state index contributed by atoms with van der Waals surface area (Å²) in [5.41, 5.74) is 0.572. The molecule has 0 radical (unpaired) electrons. The first-order valence-corrected chi connectivity index (χ1v) is 9.49. The predicted molar refractivity (Wildman–Crippen MR) is 103 cm³/mol. The van der Waals surface area contributed by atoms with Crippen LogP contribution in [-0.2, 0) is 4.74 Å². The topological polar surface area (TPSA) is 35.5 Å². The van der Waals surface area contributed by atoms with Crippen LogP contribution >= 0.6 is 0 Å². The Labute approximate surface area is 151 Å². The third-order valence-electron chi connectivity index (χ3n) is 4.50. The monoisotopic (exact) mass is 342 g/mol. The van der Waals surface area contributed by atoms with Crippen molar-refractivity contribution in [3.05, 3.63) is 42.0 Å². The van der Waals surface area contributed by atoms with E-state index in [0.717, 1.165) is 29.5 Å². The molecule has 0 N–H and O–H groups in total. The number of carbonyl (C=O) groups excluding carboxylic acids is 1. The minimum absolute atomic E-state index is 0.308. The molecule has 0 aromatic heterocycles. The van der Waals surface area contributed by atoms with Crippen molar-refractivity contribution in [3.63, 3.8) is 0 Å². The molecule has 3 heteroatoms. The quantitative estimate of drug-likeness (QED) is 0.363. The normalized spacial score (nSPS) is 10.8. The fourth-order valence-electron chi connectivity index (χ4n) is 2.98. The molecule has 25 heavy (non-hydrogen) atoms. The van der Waals surface area contributed by atoms with Crippen molar-refractivity contribution in [2.24, 2.45) is 0 Å². The third-order valence-corrected chi connectivity index (χ3v) is 4.50. The van der Waals surface area contributed by atoms with Crippen LogP contribution in [0, 0.1) is 0 Å². The Morgan fingerprint density at radius 1 is 0.840 bits per heavy atom. The van der Waals surface area contributed by atoms with Crippen molar-refractivity contribution >= 4 is 16.7 Å². The summed E-state index contributed by atoms with van der Waals surface area (Å²) in [6, 6.07) is 11.6. The molecule has 0 aliphatic carbocycles. The zero-order chi connectivity index (χ0) is 17.9. The molecule has 0 unspecified atom stereocenters. The van der Waals surface area contributed by atoms with Crippen LogP contribution < -0.4 is 4.74 Å². The Bertz CT molecular complexity index is 663. The maximum absolute atomic E-state index is 11.6. The van der Waals surface area contributed by atoms with E-state index in [4.69, 9.17) is 9.47 Å². The van der Waals surface area contributed by atoms with Crippen LogP contribution in [0.2, 0.25) is 0 Å². The number of fused-ring (bicyclic) bond motifs is 1. The largest absolute Gasteiger partial charge is 0.494 e. The minimum atomic E-state index is -0.308. The van der Waals surface area contributed by atoms with Crippen molar-refractivity contribution in [1.82, 2.24) is 0 Å². The van der Waals surface area contributed by atoms with E-state index in [1.54, 1.807) is 6.07 Å². The second kappa shape index (κ2) is 10.8. The second-order valence-corrected chi connectivity index (χ2v) is 6.54. The van der Waals surface area contributed by atoms with Crippen LogP contribution in [0.15, 0.2) is 36.4 Å². The molecule has 0 fully saturated rings. The number of ether oxygens (including phenoxy) is 2. The average Bonchev–Trinajstić information content (AvgIpc) is 2.65. The predicted octanol–water partition coefficient (Wildman–Crippen LogP) is 6.15. The number of esters is 1. The van der Waals surface area contributed by atoms with E-state index in [-0.39, 0.29) is 5.97 Å². The lowest BCUT2D eigenvalue weighted by Gasteiger charge is -2.08. The lowest BCUT2D eigenvalue weighted by atomic mass is 10.1. The highest BCUT2D eigenvalue weighted by atomic mass is 16.5. The zero-order valence-corrected chi connectivity index (χ0v) is 15.6. The van der Waals surface area contributed by atoms with Gasteiger partial charge in [0.1, 0.15) is 5.75 Å². The van der Waals surface area contributed by atoms with E-state index < -0.39 is 0 Å². The van der Waals surface area contributed by atoms with Crippen molar-refractivity contribution in [2.75, 3.05) is 13.7 Å². The molecule has 0 bridgehead atoms. The molecule has 2 aromatic carbocycles. The molecule has 0 aliphatic heterocycles. The number of hydrogen-bond donors (Lipinski definition) is 0. The van der Waals surface area contributed by atoms with Gasteiger partial charge >= 0.3 is 5.97 Å². The van der Waals surface area contributed by atoms with Crippen LogP contribution in [0.1, 0.15) is 68.6 Å². The summed E-state index contributed by atoms with van der Waals surface area (Å²) in [6.45, 7) is 3.02. The summed E-state index contributed by atoms with van der Waals surface area (Å²) in [6.07, 6.45) is 10.4. The van der Waals surface area contributed by atoms with Gasteiger partial charge in [0.25, 0.3) is 0 Å². The van der Waals surface area contributed by atoms with Gasteiger partial charge in [-0.25, -0.2) is 4.79 Å². The van der Waals surface area contributed by atoms with E-state index in [1.807, 2.05) is 30.3 Å². The lowest BCUT2D eigenvalue weighted by Crippen LogP contribution is -2.00. The summed E-state index contributed by atoms with van der Waals surface area (Å²) in [7, 11) is 1.40. The minimum Gasteiger partial charge on any atom is -0.494 e. The Kier molecular flexibility index (Phi) is 8.30. The van der Waals surface area contributed by atoms with Gasteiger partial charge in [0.15, 0.2) is 0 Å². The summed E-state index contributed by atoms with van der Waals surface area (Å²) < 4.78 is 10.6. The van der Waals surface area contributed by atoms with Gasteiger partial charge in [-0.2, -0.15) is 0 Å². The number of methoxy groups -OCH3 is 1. The zero-order valence-electron chi connectivity index (χ0n) is 15.6. The van der Waals surface area contributed by atoms with Crippen molar-refractivity contribution in [3.8, 4) is 5.75 Å². The summed E-state index contributed by atoms with van der Waals surface area (Å²) >= 11 is 0. The highest BCUT2D eigenvalue weighted by Gasteiger charge is 2.06. The number of carbonyl (C=O) groups is 1. The van der Waals surface area contributed by atoms with E-state index in [9.17, 15) is 4.79 Å². The van der Waals surface area contributed by atoms with Gasteiger partial charge in [-0.1, -0.05) is 64.0 Å². The molecule has 0 amide bonds. The molecule has 0 saturated heterocycles. The summed E-state index contributed by atoms with van der Waals surface area (Å²) in [5.74, 6) is 0.582. The van der Waals surface area contributed by atoms with Gasteiger partial charge in [-0.3, -0.25) is 0 Å². The molecule has 0 aliphatic rings. The third kappa shape index (κ3) is 6.41. The average molecular weight is 342 g/mol. The molecule has 0 atom stereocenters. The Morgan fingerprint density at radius 2 is 1.48 bits per heavy atom. The van der Waals surface area contributed by atoms with Gasteiger partial charge in [0.05, 0.1) is 19.3 Å². The number of hydrogen-bond acceptors (Lipinski definition) is 3. The van der Waals surface area contributed by atoms with Crippen molar-refractivity contribution < 1.29 is 14.3 Å². The Morgan fingerprint density at radius 3 is 2.20 bits per heavy atom. The molecule has 136 valence electrons. The van der Waals surface area contributed by atoms with Gasteiger partial charge in [-0.05, 0) is 41.5 Å². The first-order chi connectivity index (χ1) is 12.2. The van der Waals surface area contributed by atoms with Gasteiger partial charge < -0.3 is 9.47 Å². The fourth-order valence-corrected chi connectivity index (χ4v) is 2.98. The fraction of sp³-hybridized carbons (Fsp3) is 0.500. The van der Waals surface area contributed by atoms with E-state index in [0.29, 0.717) is 5.56 Å². The van der Waals surface area contributed by atoms with E-state index in [2.05, 4.69) is 6.92 Å². The second-order valence-electron chi connectivity index (χ2n) is 6.54. The first kappa shape index (κ1) is 19.3. The van der Waals surface area contributed by atoms with Crippen molar-refractivity contribution in [2.45, 2.75) is 58.3 Å². The van der Waals surface area contributed by atoms with Crippen LogP contribution in [0.3, 0.4) is 0 Å². The number of benzene rings is 2. The number of unbranched alkanes of at least 4 members (excludes halogenated alkanes) is 7. The maximum Gasteiger partial charge on any atom is 0.337 e. The Balaban J connectivity index is 1.74. The van der Waals surface area contributed by atoms with Crippen molar-refractivity contribution in [1.29, 1.82) is 0 Å². The van der Waals surface area contributed by atoms with E-state index >= 15 is 0 Å². The molecular weight excluding hydrogens is 312 g/mol. The first-order valence-electron chi connectivity index (χ1n) is 9.49. The molecule has 0 heterocycles. The highest BCUT2D eigenvalue weighted by Crippen LogP contribution is 2.22. The Hall–Kier alpha value is -2.03. The SMILES string of the molecule is CCCCCCCCCCOc1ccc2cc(C(=O)OC)ccc2c1. The maximum atomic E-state index is 11.6. The molecule has 0 saturated carbocycles. The summed E-state index contributed by atoms with van der Waals surface area (Å²) in [5, 5.41) is 2.09. The van der Waals surface area contributed by atoms with Gasteiger partial charge in [-0.15, -0.1) is 0 Å². The summed E-state index contributed by atoms with van der Waals surface area (Å²) in [4.78, 5) is 11.6. The smallest absolute Gasteiger partial charge is 0.337 e. The van der Waals surface area contributed by atoms with Crippen LogP contribution in [0.4, 0.5) is 0 Å². The van der Waals surface area contributed by atoms with Crippen LogP contribution in [0.25, 0.3) is 10.8 Å². The molecular formula is C22H30O3. The van der Waals surface area contributed by atoms with Crippen LogP contribution in [0.5, 0.6) is 5.75 Å². The van der Waals surface area contributed by atoms with Crippen LogP contribution in [-0.4, -0.2) is 19.7 Å². The molecule has 2 rings (SSSR count). The lowest BCUT2D eigenvalue weighted by molar-refractivity contribution is 0.0601. The molecule has 3 nitrogen and oxygen atoms in total. The standard InChI is InChI=1S/C22H30O3/c1-3-4-5-6-7-8-9-10-15-25-21-14-13-18-16-20(22(23)24-2)12-11-19(18)17-21/h11-14,16-17H,3-10,15H2,1-2H3. The molecule has 0 spiro atoms. The molecule has 2 aromatic rings. The van der Waals surface area contributed by atoms with Gasteiger partial charge in [0, 0.05) is 0 Å².